The zero-order chi connectivity index (χ0) is 17.9. The van der Waals surface area contributed by atoms with Crippen LogP contribution in [0.1, 0.15) is 17.5 Å². The maximum atomic E-state index is 12.0. The third-order valence-electron chi connectivity index (χ3n) is 4.00. The number of anilines is 2. The standard InChI is InChI=1S/C17H20N4O3S/c1-12-2-4-13(5-3-12)10-17(22)19-16-7-6-15(20-21-16)18-14-8-9-25(23,24)11-14/h2-7,14H,8-11H2,1H3,(H,18,20)(H,19,21,22). The summed E-state index contributed by atoms with van der Waals surface area (Å²) in [7, 11) is -2.94. The summed E-state index contributed by atoms with van der Waals surface area (Å²) in [5, 5.41) is 13.7. The first-order valence-electron chi connectivity index (χ1n) is 8.06. The van der Waals surface area contributed by atoms with Gasteiger partial charge in [-0.25, -0.2) is 8.42 Å². The number of aryl methyl sites for hydroxylation is 1. The smallest absolute Gasteiger partial charge is 0.229 e. The highest BCUT2D eigenvalue weighted by atomic mass is 32.2. The van der Waals surface area contributed by atoms with Crippen LogP contribution >= 0.6 is 0 Å². The van der Waals surface area contributed by atoms with E-state index in [0.717, 1.165) is 11.1 Å². The van der Waals surface area contributed by atoms with Crippen LogP contribution in [0.2, 0.25) is 0 Å². The van der Waals surface area contributed by atoms with E-state index in [4.69, 9.17) is 0 Å². The fraction of sp³-hybridized carbons (Fsp3) is 0.353. The Morgan fingerprint density at radius 2 is 1.80 bits per heavy atom. The number of aromatic nitrogens is 2. The van der Waals surface area contributed by atoms with Gasteiger partial charge in [0, 0.05) is 6.04 Å². The number of amides is 1. The summed E-state index contributed by atoms with van der Waals surface area (Å²) in [6.07, 6.45) is 0.834. The van der Waals surface area contributed by atoms with Gasteiger partial charge >= 0.3 is 0 Å². The van der Waals surface area contributed by atoms with Crippen LogP contribution in [0, 0.1) is 6.92 Å². The van der Waals surface area contributed by atoms with Gasteiger partial charge in [0.05, 0.1) is 17.9 Å². The van der Waals surface area contributed by atoms with Crippen molar-refractivity contribution >= 4 is 27.4 Å². The van der Waals surface area contributed by atoms with Crippen LogP contribution in [-0.2, 0) is 21.1 Å². The number of sulfone groups is 1. The highest BCUT2D eigenvalue weighted by Gasteiger charge is 2.27. The van der Waals surface area contributed by atoms with Crippen molar-refractivity contribution in [2.24, 2.45) is 0 Å². The van der Waals surface area contributed by atoms with E-state index in [1.807, 2.05) is 31.2 Å². The number of nitrogens with one attached hydrogen (secondary N) is 2. The molecule has 1 saturated heterocycles. The molecule has 1 aromatic heterocycles. The van der Waals surface area contributed by atoms with Crippen molar-refractivity contribution in [3.05, 3.63) is 47.5 Å². The normalized spacial score (nSPS) is 18.7. The molecule has 3 rings (SSSR count). The fourth-order valence-corrected chi connectivity index (χ4v) is 4.35. The first-order chi connectivity index (χ1) is 11.9. The molecule has 2 N–H and O–H groups in total. The first-order valence-corrected chi connectivity index (χ1v) is 9.88. The molecule has 25 heavy (non-hydrogen) atoms. The third kappa shape index (κ3) is 4.99. The molecule has 0 aliphatic carbocycles. The summed E-state index contributed by atoms with van der Waals surface area (Å²) in [4.78, 5) is 12.0. The molecule has 1 fully saturated rings. The highest BCUT2D eigenvalue weighted by Crippen LogP contribution is 2.16. The summed E-state index contributed by atoms with van der Waals surface area (Å²) in [5.74, 6) is 1.01. The van der Waals surface area contributed by atoms with E-state index < -0.39 is 9.84 Å². The molecule has 1 aliphatic rings. The van der Waals surface area contributed by atoms with Crippen molar-refractivity contribution in [3.8, 4) is 0 Å². The molecule has 1 aromatic carbocycles. The van der Waals surface area contributed by atoms with Crippen LogP contribution in [-0.4, -0.2) is 42.1 Å². The molecule has 0 spiro atoms. The van der Waals surface area contributed by atoms with E-state index in [2.05, 4.69) is 20.8 Å². The van der Waals surface area contributed by atoms with Crippen molar-refractivity contribution in [2.45, 2.75) is 25.8 Å². The van der Waals surface area contributed by atoms with Crippen LogP contribution < -0.4 is 10.6 Å². The summed E-state index contributed by atoms with van der Waals surface area (Å²) in [5.41, 5.74) is 2.07. The first kappa shape index (κ1) is 17.3. The molecule has 2 heterocycles. The van der Waals surface area contributed by atoms with Gasteiger partial charge in [-0.1, -0.05) is 29.8 Å². The van der Waals surface area contributed by atoms with Crippen LogP contribution in [0.25, 0.3) is 0 Å². The minimum atomic E-state index is -2.94. The van der Waals surface area contributed by atoms with Gasteiger partial charge in [0.25, 0.3) is 0 Å². The van der Waals surface area contributed by atoms with Gasteiger partial charge in [-0.3, -0.25) is 4.79 Å². The SMILES string of the molecule is Cc1ccc(CC(=O)Nc2ccc(NC3CCS(=O)(=O)C3)nn2)cc1. The van der Waals surface area contributed by atoms with Gasteiger partial charge in [0.1, 0.15) is 5.82 Å². The molecule has 0 radical (unpaired) electrons. The van der Waals surface area contributed by atoms with E-state index in [1.54, 1.807) is 12.1 Å². The van der Waals surface area contributed by atoms with Gasteiger partial charge in [-0.2, -0.15) is 0 Å². The molecule has 1 atom stereocenters. The second-order valence-electron chi connectivity index (χ2n) is 6.26. The van der Waals surface area contributed by atoms with Crippen molar-refractivity contribution in [1.29, 1.82) is 0 Å². The number of rotatable bonds is 5. The van der Waals surface area contributed by atoms with E-state index in [-0.39, 0.29) is 29.9 Å². The quantitative estimate of drug-likeness (QED) is 0.839. The Labute approximate surface area is 146 Å². The predicted molar refractivity (Wildman–Crippen MR) is 96.2 cm³/mol. The zero-order valence-electron chi connectivity index (χ0n) is 13.9. The molecule has 1 amide bonds. The fourth-order valence-electron chi connectivity index (χ4n) is 2.67. The molecule has 1 unspecified atom stereocenters. The van der Waals surface area contributed by atoms with Crippen molar-refractivity contribution < 1.29 is 13.2 Å². The zero-order valence-corrected chi connectivity index (χ0v) is 14.7. The summed E-state index contributed by atoms with van der Waals surface area (Å²) >= 11 is 0. The lowest BCUT2D eigenvalue weighted by molar-refractivity contribution is -0.115. The Morgan fingerprint density at radius 3 is 2.40 bits per heavy atom. The lowest BCUT2D eigenvalue weighted by atomic mass is 10.1. The van der Waals surface area contributed by atoms with E-state index in [9.17, 15) is 13.2 Å². The third-order valence-corrected chi connectivity index (χ3v) is 5.77. The van der Waals surface area contributed by atoms with Crippen molar-refractivity contribution in [1.82, 2.24) is 10.2 Å². The van der Waals surface area contributed by atoms with Crippen molar-refractivity contribution in [2.75, 3.05) is 22.1 Å². The number of hydrogen-bond acceptors (Lipinski definition) is 6. The maximum absolute atomic E-state index is 12.0. The predicted octanol–water partition coefficient (Wildman–Crippen LogP) is 1.57. The van der Waals surface area contributed by atoms with Crippen molar-refractivity contribution in [3.63, 3.8) is 0 Å². The molecular formula is C17H20N4O3S. The molecule has 0 saturated carbocycles. The lowest BCUT2D eigenvalue weighted by Crippen LogP contribution is -2.21. The summed E-state index contributed by atoms with van der Waals surface area (Å²) < 4.78 is 22.9. The monoisotopic (exact) mass is 360 g/mol. The second kappa shape index (κ2) is 7.18. The lowest BCUT2D eigenvalue weighted by Gasteiger charge is -2.11. The van der Waals surface area contributed by atoms with Gasteiger partial charge in [0.15, 0.2) is 15.7 Å². The summed E-state index contributed by atoms with van der Waals surface area (Å²) in [6.45, 7) is 2.00. The number of benzene rings is 1. The molecule has 1 aliphatic heterocycles. The largest absolute Gasteiger partial charge is 0.365 e. The molecule has 132 valence electrons. The molecule has 8 heteroatoms. The Morgan fingerprint density at radius 1 is 1.12 bits per heavy atom. The minimum absolute atomic E-state index is 0.115. The number of nitrogens with zero attached hydrogens (tertiary/aromatic N) is 2. The van der Waals surface area contributed by atoms with Crippen LogP contribution in [0.3, 0.4) is 0 Å². The number of hydrogen-bond donors (Lipinski definition) is 2. The van der Waals surface area contributed by atoms with Gasteiger partial charge in [0.2, 0.25) is 5.91 Å². The topological polar surface area (TPSA) is 101 Å². The van der Waals surface area contributed by atoms with Crippen LogP contribution in [0.5, 0.6) is 0 Å². The number of carbonyl (C=O) groups is 1. The van der Waals surface area contributed by atoms with Gasteiger partial charge in [-0.15, -0.1) is 10.2 Å². The second-order valence-corrected chi connectivity index (χ2v) is 8.49. The van der Waals surface area contributed by atoms with Crippen LogP contribution in [0.15, 0.2) is 36.4 Å². The summed E-state index contributed by atoms with van der Waals surface area (Å²) in [6, 6.07) is 11.0. The molecule has 7 nitrogen and oxygen atoms in total. The van der Waals surface area contributed by atoms with E-state index in [0.29, 0.717) is 18.1 Å². The minimum Gasteiger partial charge on any atom is -0.365 e. The van der Waals surface area contributed by atoms with E-state index in [1.165, 1.54) is 0 Å². The Kier molecular flexibility index (Phi) is 4.98. The van der Waals surface area contributed by atoms with Crippen LogP contribution in [0.4, 0.5) is 11.6 Å². The average molecular weight is 360 g/mol. The number of carbonyl (C=O) groups excluding carboxylic acids is 1. The average Bonchev–Trinajstić information content (AvgIpc) is 2.90. The Bertz CT molecular complexity index is 848. The Balaban J connectivity index is 1.53. The highest BCUT2D eigenvalue weighted by molar-refractivity contribution is 7.91. The molecular weight excluding hydrogens is 340 g/mol. The van der Waals surface area contributed by atoms with Gasteiger partial charge in [-0.05, 0) is 31.0 Å². The Hall–Kier alpha value is -2.48. The molecule has 2 aromatic rings. The molecule has 0 bridgehead atoms. The van der Waals surface area contributed by atoms with Gasteiger partial charge < -0.3 is 10.6 Å². The van der Waals surface area contributed by atoms with E-state index >= 15 is 0 Å². The maximum Gasteiger partial charge on any atom is 0.229 e.